The average Bonchev–Trinajstić information content (AvgIpc) is 3.34. The Labute approximate surface area is 215 Å². The minimum Gasteiger partial charge on any atom is -0.506 e. The Morgan fingerprint density at radius 3 is 2.35 bits per heavy atom. The molecule has 2 heterocycles. The van der Waals surface area contributed by atoms with Crippen molar-refractivity contribution >= 4 is 17.3 Å². The van der Waals surface area contributed by atoms with Crippen LogP contribution in [0.25, 0.3) is 5.76 Å². The third-order valence-corrected chi connectivity index (χ3v) is 7.91. The molecular formula is C27H35F3N2O5. The predicted octanol–water partition coefficient (Wildman–Crippen LogP) is 4.94. The zero-order valence-electron chi connectivity index (χ0n) is 21.4. The van der Waals surface area contributed by atoms with Gasteiger partial charge in [0, 0.05) is 17.4 Å². The average molecular weight is 525 g/mol. The molecule has 2 bridgehead atoms. The van der Waals surface area contributed by atoms with Crippen LogP contribution in [0.3, 0.4) is 0 Å². The number of allylic oxidation sites excluding steroid dienone is 1. The number of nitrogens with zero attached hydrogens (tertiary/aromatic N) is 2. The van der Waals surface area contributed by atoms with Gasteiger partial charge in [-0.3, -0.25) is 9.59 Å². The van der Waals surface area contributed by atoms with Gasteiger partial charge in [0.25, 0.3) is 0 Å². The van der Waals surface area contributed by atoms with Gasteiger partial charge in [-0.2, -0.15) is 13.2 Å². The number of rotatable bonds is 9. The normalized spacial score (nSPS) is 26.3. The summed E-state index contributed by atoms with van der Waals surface area (Å²) in [5.74, 6) is -1.81. The lowest BCUT2D eigenvalue weighted by molar-refractivity contribution is -0.183. The molecule has 10 heteroatoms. The van der Waals surface area contributed by atoms with Gasteiger partial charge in [0.1, 0.15) is 17.0 Å². The summed E-state index contributed by atoms with van der Waals surface area (Å²) in [5, 5.41) is 11.0. The number of aliphatic hydroxyl groups is 1. The van der Waals surface area contributed by atoms with Gasteiger partial charge in [0.2, 0.25) is 0 Å². The van der Waals surface area contributed by atoms with E-state index < -0.39 is 35.5 Å². The smallest absolute Gasteiger partial charge is 0.433 e. The molecule has 3 aliphatic rings. The van der Waals surface area contributed by atoms with Crippen LogP contribution < -0.4 is 0 Å². The van der Waals surface area contributed by atoms with Crippen LogP contribution in [0.5, 0.6) is 0 Å². The molecular weight excluding hydrogens is 489 g/mol. The summed E-state index contributed by atoms with van der Waals surface area (Å²) in [6.07, 6.45) is -1.25. The van der Waals surface area contributed by atoms with E-state index in [4.69, 9.17) is 9.47 Å². The molecule has 0 amide bonds. The molecule has 1 aliphatic heterocycles. The molecule has 1 N–H and O–H groups in total. The SMILES string of the molecule is CCN(CC)CCC1CCC(OCc2nc(C(F)(F)F)ccc2C(O)=C2C(=O)C3CCC(C3)C2=O)OC1. The maximum Gasteiger partial charge on any atom is 0.433 e. The van der Waals surface area contributed by atoms with Crippen LogP contribution in [0, 0.1) is 17.8 Å². The minimum atomic E-state index is -4.70. The summed E-state index contributed by atoms with van der Waals surface area (Å²) in [4.78, 5) is 31.7. The number of hydrogen-bond acceptors (Lipinski definition) is 7. The van der Waals surface area contributed by atoms with Gasteiger partial charge in [-0.15, -0.1) is 0 Å². The number of hydrogen-bond donors (Lipinski definition) is 1. The van der Waals surface area contributed by atoms with Crippen molar-refractivity contribution in [2.75, 3.05) is 26.2 Å². The quantitative estimate of drug-likeness (QED) is 0.278. The maximum absolute atomic E-state index is 13.4. The van der Waals surface area contributed by atoms with Crippen molar-refractivity contribution in [3.05, 3.63) is 34.7 Å². The molecule has 204 valence electrons. The summed E-state index contributed by atoms with van der Waals surface area (Å²) in [5.41, 5.74) is -1.76. The summed E-state index contributed by atoms with van der Waals surface area (Å²) in [6, 6.07) is 1.79. The number of carbonyl (C=O) groups excluding carboxylic acids is 2. The molecule has 2 saturated carbocycles. The fourth-order valence-electron chi connectivity index (χ4n) is 5.56. The number of halogens is 3. The Balaban J connectivity index is 1.48. The zero-order valence-corrected chi connectivity index (χ0v) is 21.4. The van der Waals surface area contributed by atoms with Gasteiger partial charge in [-0.25, -0.2) is 4.98 Å². The van der Waals surface area contributed by atoms with Crippen LogP contribution in [0.15, 0.2) is 17.7 Å². The molecule has 0 radical (unpaired) electrons. The third-order valence-electron chi connectivity index (χ3n) is 7.91. The summed E-state index contributed by atoms with van der Waals surface area (Å²) >= 11 is 0. The van der Waals surface area contributed by atoms with Crippen LogP contribution in [0.1, 0.15) is 69.3 Å². The van der Waals surface area contributed by atoms with Crippen molar-refractivity contribution in [3.8, 4) is 0 Å². The molecule has 2 aliphatic carbocycles. The van der Waals surface area contributed by atoms with Crippen molar-refractivity contribution in [1.82, 2.24) is 9.88 Å². The van der Waals surface area contributed by atoms with Gasteiger partial charge in [0.05, 0.1) is 18.9 Å². The molecule has 4 rings (SSSR count). The van der Waals surface area contributed by atoms with E-state index in [1.54, 1.807) is 0 Å². The molecule has 1 aromatic rings. The van der Waals surface area contributed by atoms with Crippen LogP contribution in [0.2, 0.25) is 0 Å². The number of Topliss-reactive ketones (excluding diaryl/α,β-unsaturated/α-hetero) is 2. The first-order valence-corrected chi connectivity index (χ1v) is 13.2. The maximum atomic E-state index is 13.4. The second kappa shape index (κ2) is 11.6. The van der Waals surface area contributed by atoms with Crippen molar-refractivity contribution in [3.63, 3.8) is 0 Å². The number of ketones is 2. The lowest BCUT2D eigenvalue weighted by Gasteiger charge is -2.30. The minimum absolute atomic E-state index is 0.0982. The van der Waals surface area contributed by atoms with Gasteiger partial charge >= 0.3 is 6.18 Å². The van der Waals surface area contributed by atoms with Gasteiger partial charge in [-0.05, 0) is 76.2 Å². The van der Waals surface area contributed by atoms with E-state index in [9.17, 15) is 27.9 Å². The molecule has 0 spiro atoms. The molecule has 4 atom stereocenters. The van der Waals surface area contributed by atoms with E-state index in [0.717, 1.165) is 44.6 Å². The molecule has 37 heavy (non-hydrogen) atoms. The van der Waals surface area contributed by atoms with E-state index in [1.807, 2.05) is 0 Å². The lowest BCUT2D eigenvalue weighted by Crippen LogP contribution is -2.32. The number of fused-ring (bicyclic) bond motifs is 2. The molecule has 3 fully saturated rings. The fourth-order valence-corrected chi connectivity index (χ4v) is 5.56. The molecule has 4 unspecified atom stereocenters. The first-order valence-electron chi connectivity index (χ1n) is 13.2. The van der Waals surface area contributed by atoms with Crippen LogP contribution in [0.4, 0.5) is 13.2 Å². The number of pyridine rings is 1. The summed E-state index contributed by atoms with van der Waals surface area (Å²) < 4.78 is 51.8. The Morgan fingerprint density at radius 2 is 1.78 bits per heavy atom. The monoisotopic (exact) mass is 524 g/mol. The second-order valence-electron chi connectivity index (χ2n) is 10.2. The van der Waals surface area contributed by atoms with Crippen LogP contribution in [-0.4, -0.2) is 59.1 Å². The fraction of sp³-hybridized carbons (Fsp3) is 0.667. The first kappa shape index (κ1) is 27.7. The van der Waals surface area contributed by atoms with E-state index in [2.05, 4.69) is 23.7 Å². The zero-order chi connectivity index (χ0) is 26.7. The molecule has 0 aromatic carbocycles. The van der Waals surface area contributed by atoms with E-state index in [0.29, 0.717) is 38.2 Å². The largest absolute Gasteiger partial charge is 0.506 e. The van der Waals surface area contributed by atoms with Crippen molar-refractivity contribution in [2.45, 2.75) is 71.4 Å². The highest BCUT2D eigenvalue weighted by Gasteiger charge is 2.45. The van der Waals surface area contributed by atoms with Crippen molar-refractivity contribution in [1.29, 1.82) is 0 Å². The van der Waals surface area contributed by atoms with E-state index >= 15 is 0 Å². The second-order valence-corrected chi connectivity index (χ2v) is 10.2. The highest BCUT2D eigenvalue weighted by atomic mass is 19.4. The number of ether oxygens (including phenoxy) is 2. The highest BCUT2D eigenvalue weighted by Crippen LogP contribution is 2.42. The molecule has 1 aromatic heterocycles. The summed E-state index contributed by atoms with van der Waals surface area (Å²) in [6.45, 7) is 7.35. The topological polar surface area (TPSA) is 89.0 Å². The number of aliphatic hydroxyl groups excluding tert-OH is 1. The lowest BCUT2D eigenvalue weighted by atomic mass is 9.81. The standard InChI is InChI=1S/C27H35F3N2O5/c1-3-32(4-2)12-11-16-5-10-22(36-14-16)37-15-20-19(8-9-21(31-20)27(28,29)30)26(35)23-24(33)17-6-7-18(13-17)25(23)34/h8-9,16-18,22,35H,3-7,10-15H2,1-2H3. The predicted molar refractivity (Wildman–Crippen MR) is 129 cm³/mol. The molecule has 7 nitrogen and oxygen atoms in total. The van der Waals surface area contributed by atoms with E-state index in [-0.39, 0.29) is 35.3 Å². The number of aromatic nitrogens is 1. The summed E-state index contributed by atoms with van der Waals surface area (Å²) in [7, 11) is 0. The Kier molecular flexibility index (Phi) is 8.70. The van der Waals surface area contributed by atoms with E-state index in [1.165, 1.54) is 0 Å². The van der Waals surface area contributed by atoms with Crippen molar-refractivity contribution in [2.24, 2.45) is 17.8 Å². The van der Waals surface area contributed by atoms with Crippen LogP contribution in [-0.2, 0) is 31.8 Å². The van der Waals surface area contributed by atoms with Crippen LogP contribution >= 0.6 is 0 Å². The van der Waals surface area contributed by atoms with Crippen molar-refractivity contribution < 1.29 is 37.3 Å². The van der Waals surface area contributed by atoms with Gasteiger partial charge in [0.15, 0.2) is 17.9 Å². The van der Waals surface area contributed by atoms with Gasteiger partial charge < -0.3 is 19.5 Å². The van der Waals surface area contributed by atoms with Gasteiger partial charge in [-0.1, -0.05) is 13.8 Å². The molecule has 1 saturated heterocycles. The number of alkyl halides is 3. The third kappa shape index (κ3) is 6.23. The Morgan fingerprint density at radius 1 is 1.11 bits per heavy atom. The Hall–Kier alpha value is -2.30. The highest BCUT2D eigenvalue weighted by molar-refractivity contribution is 6.27. The number of carbonyl (C=O) groups is 2. The first-order chi connectivity index (χ1) is 17.6. The Bertz CT molecular complexity index is 1010.